The second-order valence-corrected chi connectivity index (χ2v) is 6.15. The zero-order chi connectivity index (χ0) is 14.8. The number of hydrogen-bond acceptors (Lipinski definition) is 1. The zero-order valence-corrected chi connectivity index (χ0v) is 13.7. The van der Waals surface area contributed by atoms with Crippen LogP contribution in [-0.2, 0) is 0 Å². The van der Waals surface area contributed by atoms with Crippen molar-refractivity contribution in [3.63, 3.8) is 0 Å². The molecule has 0 N–H and O–H groups in total. The summed E-state index contributed by atoms with van der Waals surface area (Å²) in [5.41, 5.74) is 1.60. The molecule has 0 unspecified atom stereocenters. The second-order valence-electron chi connectivity index (χ2n) is 4.90. The van der Waals surface area contributed by atoms with Gasteiger partial charge in [-0.3, -0.25) is 4.79 Å². The summed E-state index contributed by atoms with van der Waals surface area (Å²) in [6.45, 7) is 0. The molecular formula is C18H14INO. The highest BCUT2D eigenvalue weighted by atomic mass is 127. The quantitative estimate of drug-likeness (QED) is 0.583. The minimum atomic E-state index is 0.00156. The Morgan fingerprint density at radius 3 is 2.29 bits per heavy atom. The van der Waals surface area contributed by atoms with E-state index in [0.717, 1.165) is 14.6 Å². The smallest absolute Gasteiger partial charge is 0.258 e. The number of amides is 1. The van der Waals surface area contributed by atoms with E-state index in [9.17, 15) is 4.79 Å². The summed E-state index contributed by atoms with van der Waals surface area (Å²) < 4.78 is 1.12. The first-order valence-electron chi connectivity index (χ1n) is 6.67. The molecule has 0 heterocycles. The average Bonchev–Trinajstić information content (AvgIpc) is 2.54. The molecule has 0 bridgehead atoms. The monoisotopic (exact) mass is 387 g/mol. The molecule has 0 fully saturated rings. The highest BCUT2D eigenvalue weighted by Gasteiger charge is 2.13. The Bertz CT molecular complexity index is 796. The first kappa shape index (κ1) is 14.1. The molecule has 0 radical (unpaired) electrons. The number of nitrogens with zero attached hydrogens (tertiary/aromatic N) is 1. The van der Waals surface area contributed by atoms with E-state index in [4.69, 9.17) is 0 Å². The third kappa shape index (κ3) is 2.93. The molecule has 3 aromatic carbocycles. The Balaban J connectivity index is 1.93. The molecule has 3 heteroatoms. The van der Waals surface area contributed by atoms with E-state index >= 15 is 0 Å². The van der Waals surface area contributed by atoms with Crippen molar-refractivity contribution >= 4 is 45.0 Å². The Hall–Kier alpha value is -1.88. The van der Waals surface area contributed by atoms with Gasteiger partial charge >= 0.3 is 0 Å². The Morgan fingerprint density at radius 2 is 1.57 bits per heavy atom. The Kier molecular flexibility index (Phi) is 3.92. The first-order chi connectivity index (χ1) is 10.1. The molecule has 1 amide bonds. The molecule has 0 saturated heterocycles. The van der Waals surface area contributed by atoms with Gasteiger partial charge in [0.2, 0.25) is 0 Å². The van der Waals surface area contributed by atoms with Crippen molar-refractivity contribution in [2.24, 2.45) is 0 Å². The lowest BCUT2D eigenvalue weighted by Crippen LogP contribution is -2.26. The summed E-state index contributed by atoms with van der Waals surface area (Å²) in [6.07, 6.45) is 0. The van der Waals surface area contributed by atoms with Gasteiger partial charge < -0.3 is 4.90 Å². The van der Waals surface area contributed by atoms with Gasteiger partial charge in [-0.15, -0.1) is 0 Å². The third-order valence-electron chi connectivity index (χ3n) is 3.52. The van der Waals surface area contributed by atoms with Crippen molar-refractivity contribution in [3.05, 3.63) is 75.9 Å². The van der Waals surface area contributed by atoms with Crippen molar-refractivity contribution in [1.29, 1.82) is 0 Å². The van der Waals surface area contributed by atoms with Gasteiger partial charge in [0, 0.05) is 21.9 Å². The van der Waals surface area contributed by atoms with Crippen LogP contribution in [0.4, 0.5) is 5.69 Å². The summed E-state index contributed by atoms with van der Waals surface area (Å²) in [4.78, 5) is 14.2. The van der Waals surface area contributed by atoms with E-state index in [1.807, 2.05) is 61.6 Å². The predicted octanol–water partition coefficient (Wildman–Crippen LogP) is 4.72. The summed E-state index contributed by atoms with van der Waals surface area (Å²) in [7, 11) is 1.81. The summed E-state index contributed by atoms with van der Waals surface area (Å²) in [6, 6.07) is 21.8. The number of rotatable bonds is 2. The standard InChI is InChI=1S/C18H14INO/c1-20(18(21)14-6-9-16(19)10-7-14)17-11-8-13-4-2-3-5-15(13)12-17/h2-12H,1H3. The number of carbonyl (C=O) groups excluding carboxylic acids is 1. The van der Waals surface area contributed by atoms with Gasteiger partial charge in [-0.1, -0.05) is 30.3 Å². The Labute approximate surface area is 137 Å². The molecule has 21 heavy (non-hydrogen) atoms. The molecule has 0 aromatic heterocycles. The fraction of sp³-hybridized carbons (Fsp3) is 0.0556. The fourth-order valence-corrected chi connectivity index (χ4v) is 2.65. The van der Waals surface area contributed by atoms with Crippen LogP contribution in [0.15, 0.2) is 66.7 Å². The minimum absolute atomic E-state index is 0.00156. The third-order valence-corrected chi connectivity index (χ3v) is 4.24. The summed E-state index contributed by atoms with van der Waals surface area (Å²) in [5, 5.41) is 2.31. The number of carbonyl (C=O) groups is 1. The molecule has 0 spiro atoms. The van der Waals surface area contributed by atoms with Crippen molar-refractivity contribution in [1.82, 2.24) is 0 Å². The van der Waals surface area contributed by atoms with Crippen LogP contribution in [0.2, 0.25) is 0 Å². The molecule has 104 valence electrons. The van der Waals surface area contributed by atoms with Gasteiger partial charge in [0.15, 0.2) is 0 Å². The maximum absolute atomic E-state index is 12.5. The van der Waals surface area contributed by atoms with E-state index in [0.29, 0.717) is 5.56 Å². The molecule has 0 atom stereocenters. The SMILES string of the molecule is CN(C(=O)c1ccc(I)cc1)c1ccc2ccccc2c1. The van der Waals surface area contributed by atoms with Crippen molar-refractivity contribution in [2.75, 3.05) is 11.9 Å². The van der Waals surface area contributed by atoms with Crippen molar-refractivity contribution in [3.8, 4) is 0 Å². The second kappa shape index (κ2) is 5.85. The van der Waals surface area contributed by atoms with Gasteiger partial charge in [0.05, 0.1) is 0 Å². The normalized spacial score (nSPS) is 10.6. The van der Waals surface area contributed by atoms with E-state index < -0.39 is 0 Å². The molecule has 0 aliphatic heterocycles. The van der Waals surface area contributed by atoms with Crippen molar-refractivity contribution < 1.29 is 4.79 Å². The highest BCUT2D eigenvalue weighted by molar-refractivity contribution is 14.1. The molecule has 3 aromatic rings. The largest absolute Gasteiger partial charge is 0.311 e. The number of anilines is 1. The van der Waals surface area contributed by atoms with Crippen LogP contribution >= 0.6 is 22.6 Å². The molecule has 0 aliphatic carbocycles. The maximum Gasteiger partial charge on any atom is 0.258 e. The van der Waals surface area contributed by atoms with E-state index in [1.165, 1.54) is 5.39 Å². The van der Waals surface area contributed by atoms with Gasteiger partial charge in [0.25, 0.3) is 5.91 Å². The predicted molar refractivity (Wildman–Crippen MR) is 95.8 cm³/mol. The number of fused-ring (bicyclic) bond motifs is 1. The molecule has 0 aliphatic rings. The van der Waals surface area contributed by atoms with Crippen LogP contribution in [0.3, 0.4) is 0 Å². The van der Waals surface area contributed by atoms with E-state index in [2.05, 4.69) is 34.7 Å². The zero-order valence-electron chi connectivity index (χ0n) is 11.6. The van der Waals surface area contributed by atoms with Gasteiger partial charge in [-0.05, 0) is 69.8 Å². The lowest BCUT2D eigenvalue weighted by molar-refractivity contribution is 0.0993. The lowest BCUT2D eigenvalue weighted by Gasteiger charge is -2.18. The maximum atomic E-state index is 12.5. The first-order valence-corrected chi connectivity index (χ1v) is 7.75. The van der Waals surface area contributed by atoms with E-state index in [-0.39, 0.29) is 5.91 Å². The van der Waals surface area contributed by atoms with Crippen LogP contribution < -0.4 is 4.90 Å². The molecule has 3 rings (SSSR count). The van der Waals surface area contributed by atoms with Gasteiger partial charge in [-0.2, -0.15) is 0 Å². The van der Waals surface area contributed by atoms with Crippen molar-refractivity contribution in [2.45, 2.75) is 0 Å². The van der Waals surface area contributed by atoms with Gasteiger partial charge in [0.1, 0.15) is 0 Å². The minimum Gasteiger partial charge on any atom is -0.311 e. The summed E-state index contributed by atoms with van der Waals surface area (Å²) in [5.74, 6) is 0.00156. The van der Waals surface area contributed by atoms with Crippen LogP contribution in [0.5, 0.6) is 0 Å². The summed E-state index contributed by atoms with van der Waals surface area (Å²) >= 11 is 2.23. The van der Waals surface area contributed by atoms with Crippen LogP contribution in [0.25, 0.3) is 10.8 Å². The van der Waals surface area contributed by atoms with Crippen LogP contribution in [0.1, 0.15) is 10.4 Å². The highest BCUT2D eigenvalue weighted by Crippen LogP contribution is 2.22. The number of benzene rings is 3. The lowest BCUT2D eigenvalue weighted by atomic mass is 10.1. The van der Waals surface area contributed by atoms with Gasteiger partial charge in [-0.25, -0.2) is 0 Å². The fourth-order valence-electron chi connectivity index (χ4n) is 2.29. The molecular weight excluding hydrogens is 373 g/mol. The van der Waals surface area contributed by atoms with E-state index in [1.54, 1.807) is 4.90 Å². The molecule has 0 saturated carbocycles. The molecule has 2 nitrogen and oxygen atoms in total. The number of halogens is 1. The Morgan fingerprint density at radius 1 is 0.905 bits per heavy atom. The topological polar surface area (TPSA) is 20.3 Å². The van der Waals surface area contributed by atoms with Crippen LogP contribution in [-0.4, -0.2) is 13.0 Å². The number of hydrogen-bond donors (Lipinski definition) is 0. The average molecular weight is 387 g/mol. The van der Waals surface area contributed by atoms with Crippen LogP contribution in [0, 0.1) is 3.57 Å².